The fourth-order valence-electron chi connectivity index (χ4n) is 2.51. The van der Waals surface area contributed by atoms with Gasteiger partial charge in [0.2, 0.25) is 0 Å². The van der Waals surface area contributed by atoms with Crippen LogP contribution >= 0.6 is 0 Å². The Kier molecular flexibility index (Phi) is 4.58. The molecule has 0 atom stereocenters. The molecule has 2 aromatic rings. The van der Waals surface area contributed by atoms with E-state index >= 15 is 0 Å². The lowest BCUT2D eigenvalue weighted by molar-refractivity contribution is 0.240. The summed E-state index contributed by atoms with van der Waals surface area (Å²) in [4.78, 5) is 18.5. The molecule has 2 N–H and O–H groups in total. The Morgan fingerprint density at radius 3 is 2.68 bits per heavy atom. The molecule has 1 aliphatic heterocycles. The fraction of sp³-hybridized carbons (Fsp3) is 0.375. The maximum Gasteiger partial charge on any atom is 0.315 e. The number of anilines is 1. The summed E-state index contributed by atoms with van der Waals surface area (Å²) in [5, 5.41) is 5.64. The van der Waals surface area contributed by atoms with Gasteiger partial charge in [0.05, 0.1) is 12.5 Å². The van der Waals surface area contributed by atoms with Gasteiger partial charge in [0.25, 0.3) is 0 Å². The summed E-state index contributed by atoms with van der Waals surface area (Å²) >= 11 is 0. The summed E-state index contributed by atoms with van der Waals surface area (Å²) in [5.74, 6) is 0.996. The number of hydrogen-bond acceptors (Lipinski definition) is 4. The number of carbonyl (C=O) groups excluding carboxylic acids is 1. The Bertz CT molecular complexity index is 606. The lowest BCUT2D eigenvalue weighted by Gasteiger charge is -2.17. The van der Waals surface area contributed by atoms with Crippen LogP contribution in [0.3, 0.4) is 0 Å². The topological polar surface area (TPSA) is 70.4 Å². The largest absolute Gasteiger partial charge is 0.472 e. The standard InChI is InChI=1S/C16H20N4O2/c21-16(19-11-14-4-8-22-12-14)18-10-13-3-5-17-15(9-13)20-6-1-2-7-20/h3-5,8-9,12H,1-2,6-7,10-11H2,(H2,18,19,21). The average Bonchev–Trinajstić information content (AvgIpc) is 3.24. The average molecular weight is 300 g/mol. The zero-order valence-corrected chi connectivity index (χ0v) is 12.4. The molecule has 1 saturated heterocycles. The molecule has 0 radical (unpaired) electrons. The number of nitrogens with zero attached hydrogens (tertiary/aromatic N) is 2. The van der Waals surface area contributed by atoms with Crippen LogP contribution in [0.4, 0.5) is 10.6 Å². The molecule has 6 nitrogen and oxygen atoms in total. The minimum atomic E-state index is -0.194. The second-order valence-electron chi connectivity index (χ2n) is 5.38. The van der Waals surface area contributed by atoms with Gasteiger partial charge in [0.1, 0.15) is 5.82 Å². The van der Waals surface area contributed by atoms with Crippen LogP contribution < -0.4 is 15.5 Å². The van der Waals surface area contributed by atoms with E-state index in [0.717, 1.165) is 30.0 Å². The van der Waals surface area contributed by atoms with E-state index in [-0.39, 0.29) is 6.03 Å². The molecular weight excluding hydrogens is 280 g/mol. The number of urea groups is 1. The van der Waals surface area contributed by atoms with Crippen LogP contribution in [0.2, 0.25) is 0 Å². The normalized spacial score (nSPS) is 14.1. The molecule has 3 heterocycles. The summed E-state index contributed by atoms with van der Waals surface area (Å²) < 4.78 is 4.95. The van der Waals surface area contributed by atoms with Crippen molar-refractivity contribution in [2.75, 3.05) is 18.0 Å². The van der Waals surface area contributed by atoms with Crippen molar-refractivity contribution in [1.29, 1.82) is 0 Å². The van der Waals surface area contributed by atoms with E-state index in [1.165, 1.54) is 12.8 Å². The Balaban J connectivity index is 1.48. The maximum absolute atomic E-state index is 11.8. The second-order valence-corrected chi connectivity index (χ2v) is 5.38. The lowest BCUT2D eigenvalue weighted by Crippen LogP contribution is -2.34. The highest BCUT2D eigenvalue weighted by atomic mass is 16.3. The monoisotopic (exact) mass is 300 g/mol. The van der Waals surface area contributed by atoms with Crippen LogP contribution in [0, 0.1) is 0 Å². The highest BCUT2D eigenvalue weighted by Crippen LogP contribution is 2.18. The third kappa shape index (κ3) is 3.78. The van der Waals surface area contributed by atoms with E-state index in [2.05, 4.69) is 20.5 Å². The molecule has 0 aromatic carbocycles. The maximum atomic E-state index is 11.8. The van der Waals surface area contributed by atoms with E-state index in [4.69, 9.17) is 4.42 Å². The molecule has 2 amide bonds. The van der Waals surface area contributed by atoms with Gasteiger partial charge in [0.15, 0.2) is 0 Å². The van der Waals surface area contributed by atoms with Crippen molar-refractivity contribution in [3.8, 4) is 0 Å². The SMILES string of the molecule is O=C(NCc1ccoc1)NCc1ccnc(N2CCCC2)c1. The first-order chi connectivity index (χ1) is 10.8. The Morgan fingerprint density at radius 1 is 1.18 bits per heavy atom. The van der Waals surface area contributed by atoms with Crippen LogP contribution in [0.5, 0.6) is 0 Å². The van der Waals surface area contributed by atoms with Gasteiger partial charge >= 0.3 is 6.03 Å². The van der Waals surface area contributed by atoms with Crippen LogP contribution in [-0.2, 0) is 13.1 Å². The number of nitrogens with one attached hydrogen (secondary N) is 2. The first-order valence-corrected chi connectivity index (χ1v) is 7.54. The van der Waals surface area contributed by atoms with Crippen molar-refractivity contribution in [2.24, 2.45) is 0 Å². The number of furan rings is 1. The molecule has 1 aliphatic rings. The zero-order valence-electron chi connectivity index (χ0n) is 12.4. The van der Waals surface area contributed by atoms with E-state index in [1.807, 2.05) is 18.2 Å². The third-order valence-electron chi connectivity index (χ3n) is 3.73. The Labute approximate surface area is 129 Å². The van der Waals surface area contributed by atoms with Gasteiger partial charge in [-0.15, -0.1) is 0 Å². The quantitative estimate of drug-likeness (QED) is 0.888. The highest BCUT2D eigenvalue weighted by Gasteiger charge is 2.13. The zero-order chi connectivity index (χ0) is 15.2. The first kappa shape index (κ1) is 14.4. The molecule has 0 spiro atoms. The first-order valence-electron chi connectivity index (χ1n) is 7.54. The van der Waals surface area contributed by atoms with Crippen LogP contribution in [0.25, 0.3) is 0 Å². The van der Waals surface area contributed by atoms with Crippen LogP contribution in [0.1, 0.15) is 24.0 Å². The summed E-state index contributed by atoms with van der Waals surface area (Å²) in [5.41, 5.74) is 1.99. The number of rotatable bonds is 5. The lowest BCUT2D eigenvalue weighted by atomic mass is 10.2. The molecule has 0 bridgehead atoms. The van der Waals surface area contributed by atoms with Crippen molar-refractivity contribution >= 4 is 11.8 Å². The van der Waals surface area contributed by atoms with Gasteiger partial charge in [-0.05, 0) is 36.6 Å². The number of pyridine rings is 1. The molecule has 0 aliphatic carbocycles. The number of aromatic nitrogens is 1. The molecule has 1 fully saturated rings. The molecule has 22 heavy (non-hydrogen) atoms. The summed E-state index contributed by atoms with van der Waals surface area (Å²) in [6, 6.07) is 5.60. The molecule has 6 heteroatoms. The van der Waals surface area contributed by atoms with E-state index in [0.29, 0.717) is 13.1 Å². The number of carbonyl (C=O) groups is 1. The summed E-state index contributed by atoms with van der Waals surface area (Å²) in [6.07, 6.45) is 7.45. The van der Waals surface area contributed by atoms with Crippen molar-refractivity contribution in [2.45, 2.75) is 25.9 Å². The molecule has 2 aromatic heterocycles. The predicted molar refractivity (Wildman–Crippen MR) is 83.5 cm³/mol. The van der Waals surface area contributed by atoms with Crippen molar-refractivity contribution in [1.82, 2.24) is 15.6 Å². The van der Waals surface area contributed by atoms with Crippen molar-refractivity contribution in [3.05, 3.63) is 48.0 Å². The van der Waals surface area contributed by atoms with E-state index in [1.54, 1.807) is 18.7 Å². The van der Waals surface area contributed by atoms with E-state index < -0.39 is 0 Å². The third-order valence-corrected chi connectivity index (χ3v) is 3.73. The Morgan fingerprint density at radius 2 is 1.95 bits per heavy atom. The Hall–Kier alpha value is -2.50. The minimum absolute atomic E-state index is 0.194. The van der Waals surface area contributed by atoms with Gasteiger partial charge in [-0.2, -0.15) is 0 Å². The van der Waals surface area contributed by atoms with Gasteiger partial charge in [-0.1, -0.05) is 0 Å². The molecule has 116 valence electrons. The van der Waals surface area contributed by atoms with Gasteiger partial charge in [-0.25, -0.2) is 9.78 Å². The van der Waals surface area contributed by atoms with Crippen LogP contribution in [0.15, 0.2) is 41.3 Å². The van der Waals surface area contributed by atoms with Gasteiger partial charge < -0.3 is 20.0 Å². The highest BCUT2D eigenvalue weighted by molar-refractivity contribution is 5.73. The van der Waals surface area contributed by atoms with Gasteiger partial charge in [-0.3, -0.25) is 0 Å². The van der Waals surface area contributed by atoms with Crippen LogP contribution in [-0.4, -0.2) is 24.1 Å². The van der Waals surface area contributed by atoms with E-state index in [9.17, 15) is 4.79 Å². The molecular formula is C16H20N4O2. The number of hydrogen-bond donors (Lipinski definition) is 2. The summed E-state index contributed by atoms with van der Waals surface area (Å²) in [7, 11) is 0. The number of amides is 2. The molecule has 3 rings (SSSR count). The fourth-order valence-corrected chi connectivity index (χ4v) is 2.51. The van der Waals surface area contributed by atoms with Crippen molar-refractivity contribution < 1.29 is 9.21 Å². The molecule has 0 saturated carbocycles. The predicted octanol–water partition coefficient (Wildman–Crippen LogP) is 2.27. The smallest absolute Gasteiger partial charge is 0.315 e. The second kappa shape index (κ2) is 6.98. The molecule has 0 unspecified atom stereocenters. The minimum Gasteiger partial charge on any atom is -0.472 e. The van der Waals surface area contributed by atoms with Crippen molar-refractivity contribution in [3.63, 3.8) is 0 Å². The van der Waals surface area contributed by atoms with Gasteiger partial charge in [0, 0.05) is 37.9 Å². The summed E-state index contributed by atoms with van der Waals surface area (Å²) in [6.45, 7) is 3.07.